The average molecular weight is 297 g/mol. The van der Waals surface area contributed by atoms with Gasteiger partial charge in [0.1, 0.15) is 5.75 Å². The molecule has 0 aliphatic rings. The second kappa shape index (κ2) is 6.85. The number of phenols is 1. The van der Waals surface area contributed by atoms with Crippen molar-refractivity contribution in [3.63, 3.8) is 0 Å². The van der Waals surface area contributed by atoms with Gasteiger partial charge < -0.3 is 5.11 Å². The molecule has 0 atom stereocenters. The van der Waals surface area contributed by atoms with Gasteiger partial charge in [-0.15, -0.1) is 11.8 Å². The van der Waals surface area contributed by atoms with Crippen molar-refractivity contribution >= 4 is 19.8 Å². The molecule has 0 saturated heterocycles. The number of hydrogen-bond donors (Lipinski definition) is 1. The Bertz CT molecular complexity index is 431. The van der Waals surface area contributed by atoms with Crippen molar-refractivity contribution in [2.45, 2.75) is 64.6 Å². The molecule has 1 aromatic carbocycles. The molecule has 1 aromatic rings. The van der Waals surface area contributed by atoms with Gasteiger partial charge in [0.2, 0.25) is 0 Å². The lowest BCUT2D eigenvalue weighted by molar-refractivity contribution is 0.465. The summed E-state index contributed by atoms with van der Waals surface area (Å²) < 4.78 is 0. The fraction of sp³-hybridized carbons (Fsp3) is 0.625. The molecule has 0 heterocycles. The Morgan fingerprint density at radius 3 is 2.00 bits per heavy atom. The summed E-state index contributed by atoms with van der Waals surface area (Å²) in [6, 6.07) is 6.29. The van der Waals surface area contributed by atoms with E-state index in [1.165, 1.54) is 34.0 Å². The number of aryl methyl sites for hydroxylation is 1. The molecular weight excluding hydrogens is 268 g/mol. The molecule has 3 heteroatoms. The number of rotatable bonds is 6. The highest BCUT2D eigenvalue weighted by Crippen LogP contribution is 2.36. The van der Waals surface area contributed by atoms with Gasteiger partial charge in [0.15, 0.2) is 0 Å². The monoisotopic (exact) mass is 296 g/mol. The number of benzene rings is 1. The summed E-state index contributed by atoms with van der Waals surface area (Å²) in [5.74, 6) is 0.465. The minimum absolute atomic E-state index is 0.465. The topological polar surface area (TPSA) is 20.2 Å². The number of thioether (sulfide) groups is 1. The van der Waals surface area contributed by atoms with Crippen LogP contribution in [0.5, 0.6) is 5.75 Å². The lowest BCUT2D eigenvalue weighted by Crippen LogP contribution is -2.35. The smallest absolute Gasteiger partial charge is 0.121 e. The molecule has 108 valence electrons. The first kappa shape index (κ1) is 16.6. The molecule has 1 N–H and O–H groups in total. The van der Waals surface area contributed by atoms with Crippen LogP contribution in [-0.4, -0.2) is 18.6 Å². The van der Waals surface area contributed by atoms with Gasteiger partial charge in [-0.2, -0.15) is 0 Å². The zero-order chi connectivity index (χ0) is 14.6. The lowest BCUT2D eigenvalue weighted by Gasteiger charge is -2.28. The third-order valence-electron chi connectivity index (χ3n) is 4.79. The van der Waals surface area contributed by atoms with Crippen LogP contribution in [0.3, 0.4) is 0 Å². The van der Waals surface area contributed by atoms with Crippen LogP contribution in [0.25, 0.3) is 0 Å². The molecule has 0 aromatic heterocycles. The van der Waals surface area contributed by atoms with Crippen molar-refractivity contribution in [2.75, 3.05) is 5.38 Å². The fourth-order valence-electron chi connectivity index (χ4n) is 2.47. The highest BCUT2D eigenvalue weighted by molar-refractivity contribution is 8.01. The molecule has 0 fully saturated rings. The van der Waals surface area contributed by atoms with E-state index in [9.17, 15) is 5.11 Å². The van der Waals surface area contributed by atoms with E-state index >= 15 is 0 Å². The van der Waals surface area contributed by atoms with Gasteiger partial charge in [0, 0.05) is 4.90 Å². The molecule has 1 rings (SSSR count). The van der Waals surface area contributed by atoms with Crippen molar-refractivity contribution in [1.29, 1.82) is 0 Å². The summed E-state index contributed by atoms with van der Waals surface area (Å²) in [6.07, 6.45) is 0. The Labute approximate surface area is 123 Å². The van der Waals surface area contributed by atoms with Crippen molar-refractivity contribution in [2.24, 2.45) is 0 Å². The third-order valence-corrected chi connectivity index (χ3v) is 13.1. The van der Waals surface area contributed by atoms with Crippen LogP contribution in [0.1, 0.15) is 37.5 Å². The Morgan fingerprint density at radius 1 is 1.00 bits per heavy atom. The minimum atomic E-state index is -1.07. The maximum Gasteiger partial charge on any atom is 0.121 e. The summed E-state index contributed by atoms with van der Waals surface area (Å²) >= 11 is 2.02. The Morgan fingerprint density at radius 2 is 1.53 bits per heavy atom. The largest absolute Gasteiger partial charge is 0.507 e. The molecule has 1 nitrogen and oxygen atoms in total. The van der Waals surface area contributed by atoms with E-state index in [2.05, 4.69) is 33.8 Å². The quantitative estimate of drug-likeness (QED) is 0.556. The second-order valence-corrected chi connectivity index (χ2v) is 12.6. The summed E-state index contributed by atoms with van der Waals surface area (Å²) in [7, 11) is -1.07. The average Bonchev–Trinajstić information content (AvgIpc) is 2.43. The minimum Gasteiger partial charge on any atom is -0.507 e. The summed E-state index contributed by atoms with van der Waals surface area (Å²) in [5, 5.41) is 11.3. The Hall–Kier alpha value is -0.413. The van der Waals surface area contributed by atoms with Crippen LogP contribution in [0, 0.1) is 20.8 Å². The second-order valence-electron chi connectivity index (χ2n) is 5.64. The van der Waals surface area contributed by atoms with Crippen LogP contribution < -0.4 is 0 Å². The van der Waals surface area contributed by atoms with Gasteiger partial charge in [-0.3, -0.25) is 0 Å². The number of hydrogen-bond acceptors (Lipinski definition) is 2. The van der Waals surface area contributed by atoms with E-state index in [-0.39, 0.29) is 0 Å². The first-order valence-corrected chi connectivity index (χ1v) is 11.1. The van der Waals surface area contributed by atoms with Crippen molar-refractivity contribution in [3.05, 3.63) is 22.8 Å². The van der Waals surface area contributed by atoms with Gasteiger partial charge in [-0.25, -0.2) is 0 Å². The maximum atomic E-state index is 9.98. The first-order chi connectivity index (χ1) is 8.90. The van der Waals surface area contributed by atoms with Crippen molar-refractivity contribution in [1.82, 2.24) is 0 Å². The van der Waals surface area contributed by atoms with Gasteiger partial charge in [0.25, 0.3) is 0 Å². The summed E-state index contributed by atoms with van der Waals surface area (Å²) in [4.78, 5) is 1.36. The van der Waals surface area contributed by atoms with Gasteiger partial charge in [-0.1, -0.05) is 38.9 Å². The predicted molar refractivity (Wildman–Crippen MR) is 90.2 cm³/mol. The van der Waals surface area contributed by atoms with Crippen LogP contribution in [-0.2, 0) is 0 Å². The van der Waals surface area contributed by atoms with Crippen LogP contribution in [0.15, 0.2) is 11.0 Å². The van der Waals surface area contributed by atoms with E-state index in [0.717, 1.165) is 11.1 Å². The SMILES string of the molecule is CC[Si](CC)(CC)CSc1cc(C)c(O)c(C)c1C. The molecule has 0 bridgehead atoms. The van der Waals surface area contributed by atoms with E-state index < -0.39 is 8.07 Å². The van der Waals surface area contributed by atoms with Crippen LogP contribution in [0.4, 0.5) is 0 Å². The molecule has 0 amide bonds. The maximum absolute atomic E-state index is 9.98. The van der Waals surface area contributed by atoms with E-state index in [4.69, 9.17) is 0 Å². The third kappa shape index (κ3) is 3.57. The predicted octanol–water partition coefficient (Wildman–Crippen LogP) is 5.46. The normalized spacial score (nSPS) is 11.9. The molecule has 0 aliphatic carbocycles. The molecule has 0 spiro atoms. The van der Waals surface area contributed by atoms with E-state index in [0.29, 0.717) is 5.75 Å². The van der Waals surface area contributed by atoms with Crippen LogP contribution in [0.2, 0.25) is 18.1 Å². The molecule has 0 aliphatic heterocycles. The van der Waals surface area contributed by atoms with E-state index in [1.807, 2.05) is 25.6 Å². The summed E-state index contributed by atoms with van der Waals surface area (Å²) in [5.41, 5.74) is 3.29. The molecular formula is C16H28OSSi. The number of aromatic hydroxyl groups is 1. The zero-order valence-electron chi connectivity index (χ0n) is 13.3. The summed E-state index contributed by atoms with van der Waals surface area (Å²) in [6.45, 7) is 13.2. The highest BCUT2D eigenvalue weighted by Gasteiger charge is 2.27. The van der Waals surface area contributed by atoms with E-state index in [1.54, 1.807) is 0 Å². The van der Waals surface area contributed by atoms with Gasteiger partial charge in [-0.05, 0) is 48.9 Å². The van der Waals surface area contributed by atoms with Crippen LogP contribution >= 0.6 is 11.8 Å². The molecule has 0 saturated carbocycles. The Kier molecular flexibility index (Phi) is 6.00. The molecule has 19 heavy (non-hydrogen) atoms. The first-order valence-electron chi connectivity index (χ1n) is 7.33. The highest BCUT2D eigenvalue weighted by atomic mass is 32.2. The molecule has 0 radical (unpaired) electrons. The van der Waals surface area contributed by atoms with Crippen molar-refractivity contribution < 1.29 is 5.11 Å². The number of phenolic OH excluding ortho intramolecular Hbond substituents is 1. The molecule has 0 unspecified atom stereocenters. The lowest BCUT2D eigenvalue weighted by atomic mass is 10.1. The van der Waals surface area contributed by atoms with Crippen molar-refractivity contribution in [3.8, 4) is 5.75 Å². The fourth-order valence-corrected chi connectivity index (χ4v) is 8.89. The zero-order valence-corrected chi connectivity index (χ0v) is 15.1. The van der Waals surface area contributed by atoms with Gasteiger partial charge >= 0.3 is 0 Å². The Balaban J connectivity index is 2.95. The standard InChI is InChI=1S/C16H28OSSi/c1-7-19(8-2,9-3)11-18-15-10-12(4)16(17)14(6)13(15)5/h10,17H,7-9,11H2,1-6H3. The van der Waals surface area contributed by atoms with Gasteiger partial charge in [0.05, 0.1) is 8.07 Å².